The van der Waals surface area contributed by atoms with Gasteiger partial charge in [-0.15, -0.1) is 0 Å². The maximum atomic E-state index is 13.9. The summed E-state index contributed by atoms with van der Waals surface area (Å²) in [5.74, 6) is -4.31. The fourth-order valence-electron chi connectivity index (χ4n) is 16.3. The quantitative estimate of drug-likeness (QED) is 0.0218. The van der Waals surface area contributed by atoms with Gasteiger partial charge < -0.3 is 54.0 Å². The lowest BCUT2D eigenvalue weighted by atomic mass is 9.97. The summed E-state index contributed by atoms with van der Waals surface area (Å²) in [5.41, 5.74) is 0. The number of rotatable bonds is 83. The number of aliphatic hydroxyl groups is 5. The van der Waals surface area contributed by atoms with Crippen molar-refractivity contribution in [3.05, 3.63) is 0 Å². The van der Waals surface area contributed by atoms with Crippen LogP contribution in [-0.4, -0.2) is 118 Å². The predicted octanol–water partition coefficient (Wildman–Crippen LogP) is 25.6. The van der Waals surface area contributed by atoms with Crippen molar-refractivity contribution in [2.45, 2.75) is 557 Å². The van der Waals surface area contributed by atoms with Crippen LogP contribution in [0.2, 0.25) is 0 Å². The molecule has 634 valence electrons. The van der Waals surface area contributed by atoms with Gasteiger partial charge in [0.2, 0.25) is 12.1 Å². The van der Waals surface area contributed by atoms with E-state index in [9.17, 15) is 39.9 Å². The van der Waals surface area contributed by atoms with Gasteiger partial charge in [-0.3, -0.25) is 14.4 Å². The number of hydrogen-bond donors (Lipinski definition) is 5. The van der Waals surface area contributed by atoms with Crippen molar-refractivity contribution in [2.24, 2.45) is 0 Å². The van der Waals surface area contributed by atoms with E-state index in [0.29, 0.717) is 19.3 Å². The Kier molecular flexibility index (Phi) is 71.3. The molecule has 0 aliphatic carbocycles. The first-order chi connectivity index (χ1) is 52.6. The second-order valence-electron chi connectivity index (χ2n) is 33.6. The molecule has 107 heavy (non-hydrogen) atoms. The lowest BCUT2D eigenvalue weighted by Gasteiger charge is -2.45. The van der Waals surface area contributed by atoms with Gasteiger partial charge in [-0.1, -0.05) is 464 Å². The van der Waals surface area contributed by atoms with Gasteiger partial charge in [0.1, 0.15) is 31.0 Å². The van der Waals surface area contributed by atoms with E-state index in [2.05, 4.69) is 20.8 Å². The zero-order valence-corrected chi connectivity index (χ0v) is 70.7. The van der Waals surface area contributed by atoms with Gasteiger partial charge >= 0.3 is 17.9 Å². The summed E-state index contributed by atoms with van der Waals surface area (Å²) in [7, 11) is 0. The number of esters is 3. The zero-order valence-electron chi connectivity index (χ0n) is 70.7. The summed E-state index contributed by atoms with van der Waals surface area (Å²) >= 11 is 0. The number of unbranched alkanes of at least 4 members (excludes halogenated alkanes) is 69. The van der Waals surface area contributed by atoms with Gasteiger partial charge in [-0.2, -0.15) is 0 Å². The Morgan fingerprint density at radius 2 is 0.477 bits per heavy atom. The number of carbonyl (C=O) groups is 3. The zero-order chi connectivity index (χ0) is 77.2. The van der Waals surface area contributed by atoms with E-state index >= 15 is 0 Å². The summed E-state index contributed by atoms with van der Waals surface area (Å²) in [6.45, 7) is 4.37. The first kappa shape index (κ1) is 101. The van der Waals surface area contributed by atoms with Crippen LogP contribution >= 0.6 is 0 Å². The van der Waals surface area contributed by atoms with Gasteiger partial charge in [-0.05, 0) is 19.3 Å². The number of ether oxygens (including phenoxy) is 6. The van der Waals surface area contributed by atoms with Gasteiger partial charge in [-0.25, -0.2) is 0 Å². The molecule has 14 heteroatoms. The highest BCUT2D eigenvalue weighted by molar-refractivity contribution is 5.71. The minimum absolute atomic E-state index is 0.0228. The molecule has 0 spiro atoms. The van der Waals surface area contributed by atoms with Crippen molar-refractivity contribution in [1.29, 1.82) is 0 Å². The number of carbonyl (C=O) groups excluding carboxylic acids is 3. The van der Waals surface area contributed by atoms with Crippen molar-refractivity contribution in [3.8, 4) is 0 Å². The molecule has 0 radical (unpaired) electrons. The summed E-state index contributed by atoms with van der Waals surface area (Å²) in [6, 6.07) is 0. The second kappa shape index (κ2) is 75.4. The van der Waals surface area contributed by atoms with E-state index in [-0.39, 0.29) is 19.3 Å². The first-order valence-electron chi connectivity index (χ1n) is 47.4. The van der Waals surface area contributed by atoms with Crippen LogP contribution in [0.5, 0.6) is 0 Å². The Hall–Kier alpha value is -1.91. The molecule has 2 aliphatic rings. The fraction of sp³-hybridized carbons (Fsp3) is 0.968. The van der Waals surface area contributed by atoms with Crippen LogP contribution in [-0.2, 0) is 42.8 Å². The monoisotopic (exact) mass is 1520 g/mol. The molecule has 0 saturated carbocycles. The SMILES string of the molecule is CCCCCCCCCCCCCCCCCCCCCCCCCCC(=O)O[C@H]1[C@@H](O[C@]2(CO)O[C@H](CO)[C@@H](O)[C@@H]2OC(=O)CCCCCCCCCCCCCCCCCCCCCCCCCC)O[C@H](CO)[C@@H](O)[C@@H]1OC(=O)CCCCCCCCCCCCCCCCCCCCCCCCCC. The number of aliphatic hydroxyl groups excluding tert-OH is 5. The lowest BCUT2D eigenvalue weighted by molar-refractivity contribution is -0.384. The molecule has 0 aromatic rings. The summed E-state index contributed by atoms with van der Waals surface area (Å²) in [4.78, 5) is 41.3. The van der Waals surface area contributed by atoms with Gasteiger partial charge in [0.05, 0.1) is 13.2 Å². The van der Waals surface area contributed by atoms with Crippen LogP contribution in [0.4, 0.5) is 0 Å². The second-order valence-corrected chi connectivity index (χ2v) is 33.6. The summed E-state index contributed by atoms with van der Waals surface area (Å²) in [6.07, 6.45) is 78.7. The third kappa shape index (κ3) is 56.1. The maximum absolute atomic E-state index is 13.9. The van der Waals surface area contributed by atoms with Crippen molar-refractivity contribution < 1.29 is 68.3 Å². The maximum Gasteiger partial charge on any atom is 0.306 e. The molecule has 14 nitrogen and oxygen atoms in total. The van der Waals surface area contributed by atoms with Crippen LogP contribution < -0.4 is 0 Å². The molecule has 2 saturated heterocycles. The molecule has 9 atom stereocenters. The van der Waals surface area contributed by atoms with Gasteiger partial charge in [0.15, 0.2) is 18.3 Å². The molecule has 0 unspecified atom stereocenters. The van der Waals surface area contributed by atoms with E-state index < -0.39 is 92.5 Å². The number of hydrogen-bond acceptors (Lipinski definition) is 14. The molecule has 2 fully saturated rings. The van der Waals surface area contributed by atoms with Gasteiger partial charge in [0.25, 0.3) is 0 Å². The molecule has 5 N–H and O–H groups in total. The standard InChI is InChI=1S/C93H178O14/c1-4-7-10-13-16-19-22-25-28-31-34-37-40-43-46-49-52-55-58-61-64-67-70-73-76-84(97)103-89-87(100)82(79-94)102-92(90(89)104-85(98)77-74-71-68-65-62-59-56-53-50-47-44-41-38-35-32-29-26-23-20-17-14-11-8-5-2)107-93(81-96)91(88(101)83(80-95)106-93)105-86(99)78-75-72-69-66-63-60-57-54-51-48-45-42-39-36-33-30-27-24-21-18-15-12-9-6-3/h82-83,87-92,94-96,100-101H,4-81H2,1-3H3/t82-,83-,87-,88-,89+,90-,91+,92-,93+/m1/s1. The summed E-state index contributed by atoms with van der Waals surface area (Å²) in [5, 5.41) is 55.4. The van der Waals surface area contributed by atoms with Gasteiger partial charge in [0, 0.05) is 19.3 Å². The largest absolute Gasteiger partial charge is 0.455 e. The average Bonchev–Trinajstić information content (AvgIpc) is 1.68. The highest BCUT2D eigenvalue weighted by atomic mass is 16.8. The van der Waals surface area contributed by atoms with E-state index in [4.69, 9.17) is 28.4 Å². The van der Waals surface area contributed by atoms with Crippen LogP contribution in [0, 0.1) is 0 Å². The molecule has 0 amide bonds. The van der Waals surface area contributed by atoms with Crippen molar-refractivity contribution >= 4 is 17.9 Å². The fourth-order valence-corrected chi connectivity index (χ4v) is 16.3. The molecule has 0 bridgehead atoms. The third-order valence-corrected chi connectivity index (χ3v) is 23.5. The molecule has 0 aromatic carbocycles. The van der Waals surface area contributed by atoms with E-state index in [1.807, 2.05) is 0 Å². The minimum Gasteiger partial charge on any atom is -0.455 e. The average molecular weight is 1520 g/mol. The summed E-state index contributed by atoms with van der Waals surface area (Å²) < 4.78 is 36.5. The van der Waals surface area contributed by atoms with Crippen molar-refractivity contribution in [3.63, 3.8) is 0 Å². The van der Waals surface area contributed by atoms with Crippen LogP contribution in [0.15, 0.2) is 0 Å². The molecule has 2 heterocycles. The van der Waals surface area contributed by atoms with E-state index in [0.717, 1.165) is 77.0 Å². The molecular weight excluding hydrogens is 1340 g/mol. The predicted molar refractivity (Wildman–Crippen MR) is 444 cm³/mol. The van der Waals surface area contributed by atoms with Crippen LogP contribution in [0.3, 0.4) is 0 Å². The topological polar surface area (TPSA) is 208 Å². The molecule has 0 aromatic heterocycles. The third-order valence-electron chi connectivity index (χ3n) is 23.5. The Bertz CT molecular complexity index is 1910. The Morgan fingerprint density at radius 3 is 0.692 bits per heavy atom. The Labute approximate surface area is 659 Å². The highest BCUT2D eigenvalue weighted by Gasteiger charge is 2.62. The normalized spacial score (nSPS) is 20.2. The van der Waals surface area contributed by atoms with Crippen molar-refractivity contribution in [1.82, 2.24) is 0 Å². The van der Waals surface area contributed by atoms with Crippen molar-refractivity contribution in [2.75, 3.05) is 19.8 Å². The molecule has 2 aliphatic heterocycles. The van der Waals surface area contributed by atoms with Crippen LogP contribution in [0.1, 0.15) is 502 Å². The van der Waals surface area contributed by atoms with E-state index in [1.54, 1.807) is 0 Å². The Morgan fingerprint density at radius 1 is 0.271 bits per heavy atom. The molecular formula is C93H178O14. The highest BCUT2D eigenvalue weighted by Crippen LogP contribution is 2.40. The smallest absolute Gasteiger partial charge is 0.306 e. The minimum atomic E-state index is -2.36. The Balaban J connectivity index is 1.86. The lowest BCUT2D eigenvalue weighted by Crippen LogP contribution is -2.64. The van der Waals surface area contributed by atoms with Crippen LogP contribution in [0.25, 0.3) is 0 Å². The van der Waals surface area contributed by atoms with E-state index in [1.165, 1.54) is 366 Å². The molecule has 2 rings (SSSR count). The first-order valence-corrected chi connectivity index (χ1v) is 47.4.